The van der Waals surface area contributed by atoms with Crippen LogP contribution in [0.2, 0.25) is 0 Å². The lowest BCUT2D eigenvalue weighted by Crippen LogP contribution is -2.03. The molecular formula is C19H15NO2S3. The third kappa shape index (κ3) is 3.01. The van der Waals surface area contributed by atoms with Crippen LogP contribution in [0.4, 0.5) is 0 Å². The topological polar surface area (TPSA) is 39.2 Å². The van der Waals surface area contributed by atoms with Crippen LogP contribution in [-0.2, 0) is 4.74 Å². The molecule has 0 aliphatic heterocycles. The van der Waals surface area contributed by atoms with Gasteiger partial charge in [0, 0.05) is 25.9 Å². The number of thiophene rings is 2. The second kappa shape index (κ2) is 6.71. The Labute approximate surface area is 157 Å². The van der Waals surface area contributed by atoms with Gasteiger partial charge in [0.15, 0.2) is 0 Å². The number of esters is 1. The van der Waals surface area contributed by atoms with Crippen LogP contribution in [0.1, 0.15) is 22.3 Å². The average molecular weight is 386 g/mol. The van der Waals surface area contributed by atoms with E-state index in [1.165, 1.54) is 31.9 Å². The van der Waals surface area contributed by atoms with Gasteiger partial charge in [0.25, 0.3) is 0 Å². The molecule has 4 rings (SSSR count). The molecular weight excluding hydrogens is 370 g/mol. The quantitative estimate of drug-likeness (QED) is 0.390. The summed E-state index contributed by atoms with van der Waals surface area (Å²) in [6.07, 6.45) is 0. The molecule has 3 aromatic heterocycles. The Kier molecular flexibility index (Phi) is 4.41. The lowest BCUT2D eigenvalue weighted by Gasteiger charge is -1.97. The smallest absolute Gasteiger partial charge is 0.350 e. The van der Waals surface area contributed by atoms with Crippen molar-refractivity contribution < 1.29 is 9.53 Å². The van der Waals surface area contributed by atoms with Crippen LogP contribution in [-0.4, -0.2) is 17.6 Å². The monoisotopic (exact) mass is 385 g/mol. The number of fused-ring (bicyclic) bond motifs is 1. The highest BCUT2D eigenvalue weighted by Gasteiger charge is 2.18. The van der Waals surface area contributed by atoms with Crippen LogP contribution in [0.3, 0.4) is 0 Å². The summed E-state index contributed by atoms with van der Waals surface area (Å²) < 4.78 is 6.40. The van der Waals surface area contributed by atoms with Gasteiger partial charge in [-0.3, -0.25) is 0 Å². The molecule has 1 aromatic carbocycles. The number of carbonyl (C=O) groups is 1. The Hall–Kier alpha value is -2.02. The van der Waals surface area contributed by atoms with Gasteiger partial charge in [-0.15, -0.1) is 34.0 Å². The minimum absolute atomic E-state index is 0.288. The number of aryl methyl sites for hydroxylation is 1. The Morgan fingerprint density at radius 3 is 2.76 bits per heavy atom. The summed E-state index contributed by atoms with van der Waals surface area (Å²) in [6, 6.07) is 12.7. The standard InChI is InChI=1S/C19H15NO2S3/c1-3-22-19(21)17-11(2)20-18(25-17)16-9-8-15(24-16)13-10-23-14-7-5-4-6-12(13)14/h4-10H,3H2,1-2H3. The van der Waals surface area contributed by atoms with Crippen molar-refractivity contribution in [3.05, 3.63) is 52.3 Å². The van der Waals surface area contributed by atoms with Crippen molar-refractivity contribution in [2.45, 2.75) is 13.8 Å². The summed E-state index contributed by atoms with van der Waals surface area (Å²) in [7, 11) is 0. The maximum atomic E-state index is 12.0. The zero-order chi connectivity index (χ0) is 17.4. The van der Waals surface area contributed by atoms with E-state index in [9.17, 15) is 4.79 Å². The molecule has 126 valence electrons. The fraction of sp³-hybridized carbons (Fsp3) is 0.158. The zero-order valence-electron chi connectivity index (χ0n) is 13.7. The van der Waals surface area contributed by atoms with E-state index in [0.717, 1.165) is 15.6 Å². The van der Waals surface area contributed by atoms with Crippen LogP contribution in [0, 0.1) is 6.92 Å². The van der Waals surface area contributed by atoms with E-state index in [2.05, 4.69) is 46.8 Å². The first-order chi connectivity index (χ1) is 12.2. The molecule has 0 fully saturated rings. The molecule has 4 aromatic rings. The molecule has 0 bridgehead atoms. The van der Waals surface area contributed by atoms with Crippen molar-refractivity contribution in [2.24, 2.45) is 0 Å². The predicted molar refractivity (Wildman–Crippen MR) is 107 cm³/mol. The highest BCUT2D eigenvalue weighted by Crippen LogP contribution is 2.41. The molecule has 0 saturated carbocycles. The maximum Gasteiger partial charge on any atom is 0.350 e. The van der Waals surface area contributed by atoms with E-state index >= 15 is 0 Å². The molecule has 6 heteroatoms. The maximum absolute atomic E-state index is 12.0. The molecule has 0 N–H and O–H groups in total. The summed E-state index contributed by atoms with van der Waals surface area (Å²) in [5.74, 6) is -0.288. The first-order valence-corrected chi connectivity index (χ1v) is 10.4. The number of benzene rings is 1. The Bertz CT molecular complexity index is 1060. The third-order valence-corrected chi connectivity index (χ3v) is 7.21. The minimum Gasteiger partial charge on any atom is -0.462 e. The van der Waals surface area contributed by atoms with Gasteiger partial charge in [-0.2, -0.15) is 0 Å². The van der Waals surface area contributed by atoms with Crippen LogP contribution >= 0.6 is 34.0 Å². The summed E-state index contributed by atoms with van der Waals surface area (Å²) in [5, 5.41) is 4.36. The number of rotatable bonds is 4. The molecule has 3 heterocycles. The minimum atomic E-state index is -0.288. The molecule has 0 unspecified atom stereocenters. The molecule has 0 atom stereocenters. The molecule has 25 heavy (non-hydrogen) atoms. The molecule has 0 spiro atoms. The number of hydrogen-bond donors (Lipinski definition) is 0. The number of aromatic nitrogens is 1. The number of ether oxygens (including phenoxy) is 1. The van der Waals surface area contributed by atoms with Gasteiger partial charge in [-0.1, -0.05) is 18.2 Å². The fourth-order valence-electron chi connectivity index (χ4n) is 2.65. The molecule has 0 aliphatic carbocycles. The highest BCUT2D eigenvalue weighted by molar-refractivity contribution is 7.25. The Morgan fingerprint density at radius 1 is 1.12 bits per heavy atom. The number of hydrogen-bond acceptors (Lipinski definition) is 6. The first kappa shape index (κ1) is 16.4. The summed E-state index contributed by atoms with van der Waals surface area (Å²) in [4.78, 5) is 19.5. The van der Waals surface area contributed by atoms with E-state index in [1.54, 1.807) is 22.7 Å². The zero-order valence-corrected chi connectivity index (χ0v) is 16.2. The van der Waals surface area contributed by atoms with Gasteiger partial charge in [0.1, 0.15) is 9.88 Å². The van der Waals surface area contributed by atoms with E-state index in [4.69, 9.17) is 4.74 Å². The first-order valence-electron chi connectivity index (χ1n) is 7.88. The van der Waals surface area contributed by atoms with Gasteiger partial charge in [-0.05, 0) is 32.0 Å². The predicted octanol–water partition coefficient (Wildman–Crippen LogP) is 6.24. The third-order valence-electron chi connectivity index (χ3n) is 3.82. The van der Waals surface area contributed by atoms with Crippen LogP contribution < -0.4 is 0 Å². The van der Waals surface area contributed by atoms with E-state index in [1.807, 2.05) is 13.8 Å². The lowest BCUT2D eigenvalue weighted by atomic mass is 10.1. The van der Waals surface area contributed by atoms with Crippen LogP contribution in [0.25, 0.3) is 30.4 Å². The molecule has 0 amide bonds. The van der Waals surface area contributed by atoms with Crippen LogP contribution in [0.5, 0.6) is 0 Å². The summed E-state index contributed by atoms with van der Waals surface area (Å²) in [5.41, 5.74) is 1.99. The fourth-order valence-corrected chi connectivity index (χ4v) is 5.74. The van der Waals surface area contributed by atoms with Crippen molar-refractivity contribution in [3.8, 4) is 20.3 Å². The SMILES string of the molecule is CCOC(=O)c1sc(-c2ccc(-c3csc4ccccc34)s2)nc1C. The van der Waals surface area contributed by atoms with Crippen molar-refractivity contribution >= 4 is 50.1 Å². The Morgan fingerprint density at radius 2 is 1.92 bits per heavy atom. The second-order valence-corrected chi connectivity index (χ2v) is 8.46. The van der Waals surface area contributed by atoms with E-state index in [-0.39, 0.29) is 5.97 Å². The average Bonchev–Trinajstić information content (AvgIpc) is 3.31. The second-order valence-electron chi connectivity index (χ2n) is 5.46. The highest BCUT2D eigenvalue weighted by atomic mass is 32.1. The molecule has 0 radical (unpaired) electrons. The van der Waals surface area contributed by atoms with Gasteiger partial charge in [0.05, 0.1) is 17.2 Å². The van der Waals surface area contributed by atoms with Crippen molar-refractivity contribution in [1.29, 1.82) is 0 Å². The number of thiazole rings is 1. The van der Waals surface area contributed by atoms with Gasteiger partial charge < -0.3 is 4.74 Å². The van der Waals surface area contributed by atoms with Crippen molar-refractivity contribution in [2.75, 3.05) is 6.61 Å². The molecule has 3 nitrogen and oxygen atoms in total. The van der Waals surface area contributed by atoms with E-state index in [0.29, 0.717) is 11.5 Å². The van der Waals surface area contributed by atoms with Gasteiger partial charge in [0.2, 0.25) is 0 Å². The molecule has 0 saturated heterocycles. The summed E-state index contributed by atoms with van der Waals surface area (Å²) in [6.45, 7) is 4.04. The largest absolute Gasteiger partial charge is 0.462 e. The Balaban J connectivity index is 1.70. The number of nitrogens with zero attached hydrogens (tertiary/aromatic N) is 1. The van der Waals surface area contributed by atoms with E-state index < -0.39 is 0 Å². The van der Waals surface area contributed by atoms with Crippen LogP contribution in [0.15, 0.2) is 41.8 Å². The van der Waals surface area contributed by atoms with Gasteiger partial charge >= 0.3 is 5.97 Å². The lowest BCUT2D eigenvalue weighted by molar-refractivity contribution is 0.0531. The van der Waals surface area contributed by atoms with Gasteiger partial charge in [-0.25, -0.2) is 9.78 Å². The number of carbonyl (C=O) groups excluding carboxylic acids is 1. The van der Waals surface area contributed by atoms with Crippen molar-refractivity contribution in [1.82, 2.24) is 4.98 Å². The normalized spacial score (nSPS) is 11.1. The van der Waals surface area contributed by atoms with Crippen molar-refractivity contribution in [3.63, 3.8) is 0 Å². The summed E-state index contributed by atoms with van der Waals surface area (Å²) >= 11 is 4.87. The molecule has 0 aliphatic rings.